The molecule has 0 radical (unpaired) electrons. The van der Waals surface area contributed by atoms with E-state index >= 15 is 0 Å². The van der Waals surface area contributed by atoms with Crippen molar-refractivity contribution >= 4 is 5.57 Å². The highest BCUT2D eigenvalue weighted by Crippen LogP contribution is 2.50. The Morgan fingerprint density at radius 3 is 2.47 bits per heavy atom. The summed E-state index contributed by atoms with van der Waals surface area (Å²) in [6.07, 6.45) is 22.0. The van der Waals surface area contributed by atoms with Crippen molar-refractivity contribution in [2.45, 2.75) is 57.5 Å². The highest BCUT2D eigenvalue weighted by molar-refractivity contribution is 5.68. The van der Waals surface area contributed by atoms with Crippen LogP contribution in [0.2, 0.25) is 0 Å². The third kappa shape index (κ3) is 3.66. The van der Waals surface area contributed by atoms with Crippen LogP contribution in [0, 0.1) is 23.7 Å². The van der Waals surface area contributed by atoms with Crippen LogP contribution >= 0.6 is 0 Å². The fraction of sp³-hybridized carbons (Fsp3) is 0.538. The summed E-state index contributed by atoms with van der Waals surface area (Å²) >= 11 is 0. The smallest absolute Gasteiger partial charge is 0.217 e. The van der Waals surface area contributed by atoms with E-state index < -0.39 is 6.10 Å². The molecule has 158 valence electrons. The van der Waals surface area contributed by atoms with Gasteiger partial charge in [0.05, 0.1) is 18.4 Å². The van der Waals surface area contributed by atoms with Crippen LogP contribution in [0.1, 0.15) is 62.9 Å². The van der Waals surface area contributed by atoms with Gasteiger partial charge in [0.15, 0.2) is 0 Å². The molecule has 0 aromatic carbocycles. The summed E-state index contributed by atoms with van der Waals surface area (Å²) in [6, 6.07) is 2.03. The van der Waals surface area contributed by atoms with Gasteiger partial charge in [0.1, 0.15) is 5.82 Å². The molecule has 4 heteroatoms. The third-order valence-electron chi connectivity index (χ3n) is 7.25. The first kappa shape index (κ1) is 19.7. The molecule has 0 aliphatic heterocycles. The van der Waals surface area contributed by atoms with E-state index in [4.69, 9.17) is 14.7 Å². The van der Waals surface area contributed by atoms with Crippen LogP contribution in [-0.4, -0.2) is 27.8 Å². The van der Waals surface area contributed by atoms with Crippen LogP contribution in [0.25, 0.3) is 5.57 Å². The number of rotatable bonds is 4. The van der Waals surface area contributed by atoms with Gasteiger partial charge >= 0.3 is 0 Å². The van der Waals surface area contributed by atoms with Crippen molar-refractivity contribution < 1.29 is 9.84 Å². The van der Waals surface area contributed by atoms with Gasteiger partial charge in [0.25, 0.3) is 0 Å². The molecular formula is C26H32N2O2. The first-order valence-corrected chi connectivity index (χ1v) is 11.7. The average molecular weight is 405 g/mol. The van der Waals surface area contributed by atoms with E-state index in [1.807, 2.05) is 25.1 Å². The van der Waals surface area contributed by atoms with Gasteiger partial charge in [-0.2, -0.15) is 4.98 Å². The van der Waals surface area contributed by atoms with E-state index in [-0.39, 0.29) is 5.92 Å². The minimum atomic E-state index is -0.526. The Labute approximate surface area is 179 Å². The number of ether oxygens (including phenoxy) is 1. The van der Waals surface area contributed by atoms with Crippen LogP contribution in [-0.2, 0) is 0 Å². The minimum Gasteiger partial charge on any atom is -0.478 e. The lowest BCUT2D eigenvalue weighted by molar-refractivity contribution is 0.174. The SMILES string of the molecule is CCOc1cc(C2=CC3CCC=CC3C3C=CCCC23)nc(C2CCC=CC2O)n1. The van der Waals surface area contributed by atoms with Crippen molar-refractivity contribution in [3.8, 4) is 5.88 Å². The first-order chi connectivity index (χ1) is 14.7. The zero-order valence-electron chi connectivity index (χ0n) is 17.8. The number of aromatic nitrogens is 2. The Kier molecular flexibility index (Phi) is 5.60. The standard InChI is InChI=1S/C26H32N2O2/c1-2-30-25-16-23(27-26(28-25)21-13-7-8-14-24(21)29)22-15-17-9-3-4-10-18(17)19-11-5-6-12-20(19)22/h4-5,8,10-11,14-21,24,29H,2-3,6-7,9,12-13H2,1H3. The van der Waals surface area contributed by atoms with Crippen molar-refractivity contribution in [2.75, 3.05) is 6.61 Å². The van der Waals surface area contributed by atoms with Crippen LogP contribution in [0.3, 0.4) is 0 Å². The predicted molar refractivity (Wildman–Crippen MR) is 119 cm³/mol. The van der Waals surface area contributed by atoms with Crippen molar-refractivity contribution in [2.24, 2.45) is 23.7 Å². The zero-order chi connectivity index (χ0) is 20.5. The molecule has 0 fully saturated rings. The lowest BCUT2D eigenvalue weighted by Gasteiger charge is -2.43. The molecule has 0 saturated carbocycles. The maximum Gasteiger partial charge on any atom is 0.217 e. The molecule has 0 saturated heterocycles. The van der Waals surface area contributed by atoms with E-state index in [0.29, 0.717) is 36.2 Å². The summed E-state index contributed by atoms with van der Waals surface area (Å²) in [5.74, 6) is 3.53. The Bertz CT molecular complexity index is 900. The minimum absolute atomic E-state index is 0.0641. The molecule has 0 amide bonds. The van der Waals surface area contributed by atoms with Gasteiger partial charge < -0.3 is 9.84 Å². The summed E-state index contributed by atoms with van der Waals surface area (Å²) in [5.41, 5.74) is 2.37. The van der Waals surface area contributed by atoms with Gasteiger partial charge in [-0.1, -0.05) is 42.5 Å². The third-order valence-corrected chi connectivity index (χ3v) is 7.25. The molecule has 6 unspecified atom stereocenters. The maximum absolute atomic E-state index is 10.5. The number of nitrogens with zero attached hydrogens (tertiary/aromatic N) is 2. The number of hydrogen-bond donors (Lipinski definition) is 1. The Hall–Kier alpha value is -2.20. The van der Waals surface area contributed by atoms with Gasteiger partial charge in [0.2, 0.25) is 5.88 Å². The monoisotopic (exact) mass is 404 g/mol. The quantitative estimate of drug-likeness (QED) is 0.698. The van der Waals surface area contributed by atoms with Crippen molar-refractivity contribution in [3.63, 3.8) is 0 Å². The van der Waals surface area contributed by atoms with Crippen LogP contribution < -0.4 is 4.74 Å². The lowest BCUT2D eigenvalue weighted by atomic mass is 9.61. The van der Waals surface area contributed by atoms with E-state index in [9.17, 15) is 5.11 Å². The molecule has 1 aromatic rings. The fourth-order valence-corrected chi connectivity index (χ4v) is 5.81. The molecule has 4 aliphatic rings. The number of allylic oxidation sites excluding steroid dienone is 7. The van der Waals surface area contributed by atoms with E-state index in [1.165, 1.54) is 18.4 Å². The Balaban J connectivity index is 1.58. The van der Waals surface area contributed by atoms with Crippen molar-refractivity contribution in [1.82, 2.24) is 9.97 Å². The van der Waals surface area contributed by atoms with Crippen molar-refractivity contribution in [1.29, 1.82) is 0 Å². The molecule has 0 spiro atoms. The normalized spacial score (nSPS) is 34.8. The molecule has 4 aliphatic carbocycles. The highest BCUT2D eigenvalue weighted by Gasteiger charge is 2.40. The van der Waals surface area contributed by atoms with E-state index in [2.05, 4.69) is 30.4 Å². The number of aliphatic hydroxyl groups excluding tert-OH is 1. The summed E-state index contributed by atoms with van der Waals surface area (Å²) in [6.45, 7) is 2.56. The molecular weight excluding hydrogens is 372 g/mol. The lowest BCUT2D eigenvalue weighted by Crippen LogP contribution is -2.34. The number of aliphatic hydroxyl groups is 1. The number of hydrogen-bond acceptors (Lipinski definition) is 4. The fourth-order valence-electron chi connectivity index (χ4n) is 5.81. The molecule has 1 heterocycles. The molecule has 4 nitrogen and oxygen atoms in total. The number of fused-ring (bicyclic) bond motifs is 3. The topological polar surface area (TPSA) is 55.2 Å². The van der Waals surface area contributed by atoms with E-state index in [0.717, 1.165) is 37.2 Å². The average Bonchev–Trinajstić information content (AvgIpc) is 2.79. The van der Waals surface area contributed by atoms with Gasteiger partial charge in [-0.25, -0.2) is 4.98 Å². The molecule has 5 rings (SSSR count). The van der Waals surface area contributed by atoms with Gasteiger partial charge in [0, 0.05) is 12.0 Å². The molecule has 1 N–H and O–H groups in total. The second-order valence-corrected chi connectivity index (χ2v) is 9.04. The molecule has 30 heavy (non-hydrogen) atoms. The predicted octanol–water partition coefficient (Wildman–Crippen LogP) is 5.23. The highest BCUT2D eigenvalue weighted by atomic mass is 16.5. The van der Waals surface area contributed by atoms with Gasteiger partial charge in [-0.05, 0) is 74.7 Å². The van der Waals surface area contributed by atoms with Gasteiger partial charge in [-0.15, -0.1) is 0 Å². The van der Waals surface area contributed by atoms with Crippen LogP contribution in [0.5, 0.6) is 5.88 Å². The molecule has 1 aromatic heterocycles. The summed E-state index contributed by atoms with van der Waals surface area (Å²) in [7, 11) is 0. The largest absolute Gasteiger partial charge is 0.478 e. The Morgan fingerprint density at radius 2 is 1.67 bits per heavy atom. The van der Waals surface area contributed by atoms with Crippen LogP contribution in [0.4, 0.5) is 0 Å². The Morgan fingerprint density at radius 1 is 0.933 bits per heavy atom. The first-order valence-electron chi connectivity index (χ1n) is 11.7. The molecule has 6 atom stereocenters. The second-order valence-electron chi connectivity index (χ2n) is 9.04. The maximum atomic E-state index is 10.5. The summed E-state index contributed by atoms with van der Waals surface area (Å²) < 4.78 is 5.84. The van der Waals surface area contributed by atoms with Crippen LogP contribution in [0.15, 0.2) is 48.6 Å². The second kappa shape index (κ2) is 8.50. The summed E-state index contributed by atoms with van der Waals surface area (Å²) in [4.78, 5) is 9.74. The van der Waals surface area contributed by atoms with Gasteiger partial charge in [-0.3, -0.25) is 0 Å². The van der Waals surface area contributed by atoms with Crippen molar-refractivity contribution in [3.05, 3.63) is 60.1 Å². The summed E-state index contributed by atoms with van der Waals surface area (Å²) in [5, 5.41) is 10.5. The molecule has 0 bridgehead atoms. The zero-order valence-corrected chi connectivity index (χ0v) is 17.8. The van der Waals surface area contributed by atoms with E-state index in [1.54, 1.807) is 0 Å².